The minimum absolute atomic E-state index is 0.00686. The Kier molecular flexibility index (Phi) is 4.29. The van der Waals surface area contributed by atoms with E-state index in [2.05, 4.69) is 22.6 Å². The number of nitrogens with zero attached hydrogens (tertiary/aromatic N) is 4. The van der Waals surface area contributed by atoms with Crippen LogP contribution in [-0.2, 0) is 10.5 Å². The normalized spacial score (nSPS) is 15.5. The fraction of sp³-hybridized carbons (Fsp3) is 0.158. The van der Waals surface area contributed by atoms with Crippen molar-refractivity contribution in [1.29, 1.82) is 5.26 Å². The van der Waals surface area contributed by atoms with Gasteiger partial charge in [0, 0.05) is 23.7 Å². The average molecular weight is 362 g/mol. The van der Waals surface area contributed by atoms with Gasteiger partial charge in [0.05, 0.1) is 18.0 Å². The highest BCUT2D eigenvalue weighted by molar-refractivity contribution is 7.79. The van der Waals surface area contributed by atoms with Crippen LogP contribution < -0.4 is 5.56 Å². The summed E-state index contributed by atoms with van der Waals surface area (Å²) in [5.74, 6) is 0.658. The Bertz CT molecular complexity index is 1050. The Labute approximate surface area is 155 Å². The molecule has 0 saturated carbocycles. The monoisotopic (exact) mass is 362 g/mol. The lowest BCUT2D eigenvalue weighted by Gasteiger charge is -2.15. The molecule has 128 valence electrons. The second kappa shape index (κ2) is 6.75. The molecule has 1 saturated heterocycles. The van der Waals surface area contributed by atoms with E-state index in [9.17, 15) is 10.1 Å². The summed E-state index contributed by atoms with van der Waals surface area (Å²) in [5.41, 5.74) is 2.40. The Morgan fingerprint density at radius 3 is 2.50 bits per heavy atom. The third-order valence-corrected chi connectivity index (χ3v) is 4.51. The molecule has 0 amide bonds. The summed E-state index contributed by atoms with van der Waals surface area (Å²) in [4.78, 5) is 21.6. The van der Waals surface area contributed by atoms with Crippen LogP contribution in [0.3, 0.4) is 0 Å². The van der Waals surface area contributed by atoms with E-state index in [1.54, 1.807) is 24.5 Å². The van der Waals surface area contributed by atoms with Gasteiger partial charge in [0.15, 0.2) is 0 Å². The van der Waals surface area contributed by atoms with Gasteiger partial charge in [-0.05, 0) is 29.8 Å². The molecule has 0 spiro atoms. The highest BCUT2D eigenvalue weighted by atomic mass is 32.1. The molecule has 3 heterocycles. The molecule has 0 aliphatic carbocycles. The zero-order valence-corrected chi connectivity index (χ0v) is 14.6. The second-order valence-corrected chi connectivity index (χ2v) is 6.13. The van der Waals surface area contributed by atoms with Crippen molar-refractivity contribution in [3.05, 3.63) is 76.0 Å². The van der Waals surface area contributed by atoms with Crippen molar-refractivity contribution in [1.82, 2.24) is 14.5 Å². The Balaban J connectivity index is 1.96. The topological polar surface area (TPSA) is 84.1 Å². The van der Waals surface area contributed by atoms with E-state index in [-0.39, 0.29) is 17.4 Å². The number of hydrogen-bond acceptors (Lipinski definition) is 6. The van der Waals surface area contributed by atoms with E-state index < -0.39 is 5.56 Å². The van der Waals surface area contributed by atoms with Gasteiger partial charge in [0.2, 0.25) is 0 Å². The number of pyridine rings is 1. The van der Waals surface area contributed by atoms with E-state index in [0.29, 0.717) is 17.2 Å². The van der Waals surface area contributed by atoms with Crippen LogP contribution >= 0.6 is 12.6 Å². The molecule has 0 N–H and O–H groups in total. The minimum Gasteiger partial charge on any atom is -0.368 e. The maximum atomic E-state index is 13.0. The molecular formula is C19H14N4O2S. The zero-order chi connectivity index (χ0) is 18.1. The smallest absolute Gasteiger partial charge is 0.276 e. The molecule has 0 bridgehead atoms. The first-order valence-corrected chi connectivity index (χ1v) is 8.65. The van der Waals surface area contributed by atoms with Gasteiger partial charge in [-0.1, -0.05) is 12.1 Å². The molecule has 1 fully saturated rings. The number of hydrogen-bond donors (Lipinski definition) is 1. The molecule has 1 atom stereocenters. The zero-order valence-electron chi connectivity index (χ0n) is 13.7. The molecule has 1 aliphatic rings. The Morgan fingerprint density at radius 2 is 1.92 bits per heavy atom. The van der Waals surface area contributed by atoms with Gasteiger partial charge in [-0.3, -0.25) is 14.3 Å². The third kappa shape index (κ3) is 2.90. The molecule has 7 heteroatoms. The van der Waals surface area contributed by atoms with Gasteiger partial charge in [0.1, 0.15) is 23.6 Å². The summed E-state index contributed by atoms with van der Waals surface area (Å²) in [6.45, 7) is 0.721. The van der Waals surface area contributed by atoms with Crippen LogP contribution in [0, 0.1) is 11.3 Å². The lowest BCUT2D eigenvalue weighted by Crippen LogP contribution is -2.26. The van der Waals surface area contributed by atoms with Gasteiger partial charge in [-0.25, -0.2) is 4.98 Å². The van der Waals surface area contributed by atoms with Crippen LogP contribution in [0.15, 0.2) is 53.6 Å². The van der Waals surface area contributed by atoms with Crippen LogP contribution in [0.1, 0.15) is 22.9 Å². The van der Waals surface area contributed by atoms with Crippen LogP contribution in [0.4, 0.5) is 0 Å². The number of epoxide rings is 1. The summed E-state index contributed by atoms with van der Waals surface area (Å²) >= 11 is 4.22. The van der Waals surface area contributed by atoms with Crippen molar-refractivity contribution in [3.8, 4) is 23.1 Å². The first kappa shape index (κ1) is 16.5. The molecule has 1 aliphatic heterocycles. The minimum atomic E-state index is -0.409. The molecule has 26 heavy (non-hydrogen) atoms. The first-order valence-electron chi connectivity index (χ1n) is 8.02. The van der Waals surface area contributed by atoms with Crippen molar-refractivity contribution in [2.45, 2.75) is 11.9 Å². The van der Waals surface area contributed by atoms with E-state index in [4.69, 9.17) is 4.74 Å². The van der Waals surface area contributed by atoms with Gasteiger partial charge >= 0.3 is 0 Å². The summed E-state index contributed by atoms with van der Waals surface area (Å²) < 4.78 is 6.74. The number of thiol groups is 1. The van der Waals surface area contributed by atoms with Crippen molar-refractivity contribution in [2.75, 3.05) is 6.61 Å². The fourth-order valence-electron chi connectivity index (χ4n) is 2.80. The quantitative estimate of drug-likeness (QED) is 0.570. The molecular weight excluding hydrogens is 348 g/mol. The number of rotatable bonds is 4. The molecule has 4 rings (SSSR count). The van der Waals surface area contributed by atoms with E-state index in [1.807, 2.05) is 30.3 Å². The van der Waals surface area contributed by atoms with Crippen molar-refractivity contribution in [3.63, 3.8) is 0 Å². The highest BCUT2D eigenvalue weighted by Gasteiger charge is 2.25. The highest BCUT2D eigenvalue weighted by Crippen LogP contribution is 2.30. The average Bonchev–Trinajstić information content (AvgIpc) is 3.53. The SMILES string of the molecule is N#Cc1c(CS)nc(-c2ccncc2)n(-c2ccc(C3CO3)cc2)c1=O. The summed E-state index contributed by atoms with van der Waals surface area (Å²) in [5, 5.41) is 9.42. The second-order valence-electron chi connectivity index (χ2n) is 5.82. The third-order valence-electron chi connectivity index (χ3n) is 4.21. The van der Waals surface area contributed by atoms with Gasteiger partial charge < -0.3 is 4.74 Å². The maximum absolute atomic E-state index is 13.0. The van der Waals surface area contributed by atoms with Crippen molar-refractivity contribution < 1.29 is 4.74 Å². The molecule has 6 nitrogen and oxygen atoms in total. The predicted octanol–water partition coefficient (Wildman–Crippen LogP) is 2.67. The van der Waals surface area contributed by atoms with E-state index in [1.165, 1.54) is 4.57 Å². The van der Waals surface area contributed by atoms with Gasteiger partial charge in [-0.15, -0.1) is 0 Å². The van der Waals surface area contributed by atoms with Crippen LogP contribution in [0.2, 0.25) is 0 Å². The number of aromatic nitrogens is 3. The maximum Gasteiger partial charge on any atom is 0.276 e. The summed E-state index contributed by atoms with van der Waals surface area (Å²) in [7, 11) is 0. The van der Waals surface area contributed by atoms with Gasteiger partial charge in [0.25, 0.3) is 5.56 Å². The largest absolute Gasteiger partial charge is 0.368 e. The lowest BCUT2D eigenvalue weighted by molar-refractivity contribution is 0.415. The Hall–Kier alpha value is -2.95. The van der Waals surface area contributed by atoms with E-state index in [0.717, 1.165) is 17.7 Å². The van der Waals surface area contributed by atoms with Crippen molar-refractivity contribution >= 4 is 12.6 Å². The van der Waals surface area contributed by atoms with E-state index >= 15 is 0 Å². The standard InChI is InChI=1S/C19H14N4O2S/c20-9-15-16(11-26)22-18(13-5-7-21-8-6-13)23(19(15)24)14-3-1-12(2-4-14)17-10-25-17/h1-8,17,26H,10-11H2. The number of nitriles is 1. The van der Waals surface area contributed by atoms with Crippen LogP contribution in [0.5, 0.6) is 0 Å². The molecule has 3 aromatic rings. The Morgan fingerprint density at radius 1 is 1.23 bits per heavy atom. The van der Waals surface area contributed by atoms with Crippen LogP contribution in [-0.4, -0.2) is 21.1 Å². The summed E-state index contributed by atoms with van der Waals surface area (Å²) in [6.07, 6.45) is 3.41. The molecule has 1 unspecified atom stereocenters. The molecule has 1 aromatic carbocycles. The fourth-order valence-corrected chi connectivity index (χ4v) is 3.03. The number of benzene rings is 1. The molecule has 0 radical (unpaired) electrons. The van der Waals surface area contributed by atoms with Crippen molar-refractivity contribution in [2.24, 2.45) is 0 Å². The number of ether oxygens (including phenoxy) is 1. The first-order chi connectivity index (χ1) is 12.7. The lowest BCUT2D eigenvalue weighted by atomic mass is 10.1. The predicted molar refractivity (Wildman–Crippen MR) is 99.2 cm³/mol. The molecule has 2 aromatic heterocycles. The van der Waals surface area contributed by atoms with Crippen LogP contribution in [0.25, 0.3) is 17.1 Å². The van der Waals surface area contributed by atoms with Gasteiger partial charge in [-0.2, -0.15) is 17.9 Å². The summed E-state index contributed by atoms with van der Waals surface area (Å²) in [6, 6.07) is 13.0.